The summed E-state index contributed by atoms with van der Waals surface area (Å²) >= 11 is 5.01. The Balaban J connectivity index is 2.07. The lowest BCUT2D eigenvalue weighted by molar-refractivity contribution is -0.387. The Hall–Kier alpha value is -1.76. The van der Waals surface area contributed by atoms with Crippen LogP contribution in [-0.4, -0.2) is 16.1 Å². The third-order valence-electron chi connectivity index (χ3n) is 2.31. The third-order valence-corrected chi connectivity index (χ3v) is 2.53. The molecule has 1 saturated carbocycles. The number of halogens is 1. The van der Waals surface area contributed by atoms with Crippen molar-refractivity contribution < 1.29 is 9.31 Å². The van der Waals surface area contributed by atoms with Crippen molar-refractivity contribution in [2.75, 3.05) is 5.32 Å². The van der Waals surface area contributed by atoms with Gasteiger partial charge in [0.1, 0.15) is 0 Å². The van der Waals surface area contributed by atoms with Crippen LogP contribution in [0.4, 0.5) is 15.8 Å². The van der Waals surface area contributed by atoms with Crippen molar-refractivity contribution in [3.63, 3.8) is 0 Å². The molecule has 1 aliphatic rings. The SMILES string of the molecule is O=[N+]([O-])c1cc(NC(=S)NC2CC2)ccc1F. The monoisotopic (exact) mass is 255 g/mol. The fourth-order valence-corrected chi connectivity index (χ4v) is 1.60. The quantitative estimate of drug-likeness (QED) is 0.492. The standard InChI is InChI=1S/C10H10FN3O2S/c11-8-4-3-7(5-9(8)14(15)16)13-10(17)12-6-1-2-6/h3-6H,1-2H2,(H2,12,13,17). The van der Waals surface area contributed by atoms with Gasteiger partial charge in [-0.1, -0.05) is 0 Å². The molecule has 17 heavy (non-hydrogen) atoms. The molecule has 0 saturated heterocycles. The summed E-state index contributed by atoms with van der Waals surface area (Å²) in [6, 6.07) is 3.96. The average Bonchev–Trinajstić information content (AvgIpc) is 3.04. The van der Waals surface area contributed by atoms with E-state index < -0.39 is 16.4 Å². The molecular weight excluding hydrogens is 245 g/mol. The van der Waals surface area contributed by atoms with Crippen molar-refractivity contribution in [3.8, 4) is 0 Å². The molecule has 0 aliphatic heterocycles. The molecule has 1 aromatic rings. The van der Waals surface area contributed by atoms with Crippen LogP contribution in [0, 0.1) is 15.9 Å². The highest BCUT2D eigenvalue weighted by Crippen LogP contribution is 2.22. The summed E-state index contributed by atoms with van der Waals surface area (Å²) in [4.78, 5) is 9.77. The number of nitrogens with one attached hydrogen (secondary N) is 2. The molecule has 1 aliphatic carbocycles. The Morgan fingerprint density at radius 2 is 2.24 bits per heavy atom. The maximum atomic E-state index is 13.1. The van der Waals surface area contributed by atoms with E-state index in [1.807, 2.05) is 0 Å². The van der Waals surface area contributed by atoms with Gasteiger partial charge < -0.3 is 10.6 Å². The van der Waals surface area contributed by atoms with Gasteiger partial charge >= 0.3 is 5.69 Å². The minimum Gasteiger partial charge on any atom is -0.360 e. The third kappa shape index (κ3) is 3.10. The van der Waals surface area contributed by atoms with Gasteiger partial charge in [-0.15, -0.1) is 0 Å². The highest BCUT2D eigenvalue weighted by molar-refractivity contribution is 7.80. The lowest BCUT2D eigenvalue weighted by Gasteiger charge is -2.09. The molecule has 7 heteroatoms. The van der Waals surface area contributed by atoms with Gasteiger partial charge in [-0.2, -0.15) is 4.39 Å². The van der Waals surface area contributed by atoms with Gasteiger partial charge in [0.2, 0.25) is 5.82 Å². The summed E-state index contributed by atoms with van der Waals surface area (Å²) in [6.45, 7) is 0. The van der Waals surface area contributed by atoms with E-state index in [-0.39, 0.29) is 0 Å². The molecule has 0 bridgehead atoms. The van der Waals surface area contributed by atoms with Crippen LogP contribution in [0.3, 0.4) is 0 Å². The second-order valence-corrected chi connectivity index (χ2v) is 4.20. The van der Waals surface area contributed by atoms with Gasteiger partial charge in [0.25, 0.3) is 0 Å². The topological polar surface area (TPSA) is 67.2 Å². The number of nitro groups is 1. The lowest BCUT2D eigenvalue weighted by atomic mass is 10.2. The zero-order valence-corrected chi connectivity index (χ0v) is 9.59. The normalized spacial score (nSPS) is 14.2. The van der Waals surface area contributed by atoms with Crippen molar-refractivity contribution >= 4 is 28.7 Å². The Labute approximate surface area is 102 Å². The molecular formula is C10H10FN3O2S. The molecule has 90 valence electrons. The molecule has 0 radical (unpaired) electrons. The number of benzene rings is 1. The Bertz CT molecular complexity index is 477. The fraction of sp³-hybridized carbons (Fsp3) is 0.300. The van der Waals surface area contributed by atoms with E-state index in [1.54, 1.807) is 0 Å². The summed E-state index contributed by atoms with van der Waals surface area (Å²) < 4.78 is 13.1. The molecule has 0 amide bonds. The van der Waals surface area contributed by atoms with Crippen LogP contribution in [0.2, 0.25) is 0 Å². The first-order valence-electron chi connectivity index (χ1n) is 5.08. The van der Waals surface area contributed by atoms with Crippen LogP contribution in [0.1, 0.15) is 12.8 Å². The van der Waals surface area contributed by atoms with Crippen LogP contribution in [-0.2, 0) is 0 Å². The minimum absolute atomic E-state index is 0.394. The van der Waals surface area contributed by atoms with Gasteiger partial charge in [0, 0.05) is 17.8 Å². The summed E-state index contributed by atoms with van der Waals surface area (Å²) in [5.74, 6) is -0.860. The highest BCUT2D eigenvalue weighted by Gasteiger charge is 2.22. The fourth-order valence-electron chi connectivity index (χ4n) is 1.31. The van der Waals surface area contributed by atoms with Crippen LogP contribution in [0.15, 0.2) is 18.2 Å². The van der Waals surface area contributed by atoms with Crippen LogP contribution in [0.5, 0.6) is 0 Å². The number of nitro benzene ring substituents is 1. The van der Waals surface area contributed by atoms with E-state index in [1.165, 1.54) is 6.07 Å². The van der Waals surface area contributed by atoms with Crippen molar-refractivity contribution in [1.82, 2.24) is 5.32 Å². The molecule has 2 rings (SSSR count). The predicted molar refractivity (Wildman–Crippen MR) is 65.4 cm³/mol. The van der Waals surface area contributed by atoms with E-state index in [0.717, 1.165) is 25.0 Å². The lowest BCUT2D eigenvalue weighted by Crippen LogP contribution is -2.30. The molecule has 0 atom stereocenters. The van der Waals surface area contributed by atoms with Crippen molar-refractivity contribution in [2.45, 2.75) is 18.9 Å². The number of anilines is 1. The molecule has 0 aromatic heterocycles. The molecule has 0 spiro atoms. The maximum Gasteiger partial charge on any atom is 0.306 e. The second kappa shape index (κ2) is 4.62. The molecule has 0 unspecified atom stereocenters. The van der Waals surface area contributed by atoms with Gasteiger partial charge in [0.05, 0.1) is 4.92 Å². The van der Waals surface area contributed by atoms with Crippen molar-refractivity contribution in [2.24, 2.45) is 0 Å². The Morgan fingerprint density at radius 3 is 2.82 bits per heavy atom. The smallest absolute Gasteiger partial charge is 0.306 e. The minimum atomic E-state index is -0.860. The van der Waals surface area contributed by atoms with Gasteiger partial charge in [-0.3, -0.25) is 10.1 Å². The number of rotatable bonds is 3. The summed E-state index contributed by atoms with van der Waals surface area (Å²) in [6.07, 6.45) is 2.15. The maximum absolute atomic E-state index is 13.1. The zero-order valence-electron chi connectivity index (χ0n) is 8.77. The Morgan fingerprint density at radius 1 is 1.53 bits per heavy atom. The first-order valence-corrected chi connectivity index (χ1v) is 5.48. The second-order valence-electron chi connectivity index (χ2n) is 3.80. The summed E-state index contributed by atoms with van der Waals surface area (Å²) in [5, 5.41) is 16.7. The first kappa shape index (κ1) is 11.7. The molecule has 5 nitrogen and oxygen atoms in total. The zero-order chi connectivity index (χ0) is 12.4. The van der Waals surface area contributed by atoms with Crippen molar-refractivity contribution in [3.05, 3.63) is 34.1 Å². The van der Waals surface area contributed by atoms with Gasteiger partial charge in [0.15, 0.2) is 5.11 Å². The molecule has 1 fully saturated rings. The van der Waals surface area contributed by atoms with E-state index >= 15 is 0 Å². The highest BCUT2D eigenvalue weighted by atomic mass is 32.1. The van der Waals surface area contributed by atoms with Crippen LogP contribution < -0.4 is 10.6 Å². The van der Waals surface area contributed by atoms with Gasteiger partial charge in [-0.25, -0.2) is 0 Å². The molecule has 2 N–H and O–H groups in total. The summed E-state index contributed by atoms with van der Waals surface area (Å²) in [7, 11) is 0. The number of nitrogens with zero attached hydrogens (tertiary/aromatic N) is 1. The Kier molecular flexibility index (Phi) is 3.19. The van der Waals surface area contributed by atoms with E-state index in [0.29, 0.717) is 16.8 Å². The first-order chi connectivity index (χ1) is 8.06. The van der Waals surface area contributed by atoms with E-state index in [2.05, 4.69) is 10.6 Å². The van der Waals surface area contributed by atoms with E-state index in [9.17, 15) is 14.5 Å². The average molecular weight is 255 g/mol. The number of hydrogen-bond acceptors (Lipinski definition) is 3. The number of hydrogen-bond donors (Lipinski definition) is 2. The molecule has 1 aromatic carbocycles. The number of thiocarbonyl (C=S) groups is 1. The van der Waals surface area contributed by atoms with Crippen LogP contribution in [0.25, 0.3) is 0 Å². The van der Waals surface area contributed by atoms with E-state index in [4.69, 9.17) is 12.2 Å². The van der Waals surface area contributed by atoms with Crippen molar-refractivity contribution in [1.29, 1.82) is 0 Å². The summed E-state index contributed by atoms with van der Waals surface area (Å²) in [5.41, 5.74) is -0.166. The van der Waals surface area contributed by atoms with Crippen LogP contribution >= 0.6 is 12.2 Å². The van der Waals surface area contributed by atoms with Gasteiger partial charge in [-0.05, 0) is 37.2 Å². The predicted octanol–water partition coefficient (Wildman–Crippen LogP) is 2.18. The largest absolute Gasteiger partial charge is 0.360 e. The molecule has 0 heterocycles.